The van der Waals surface area contributed by atoms with Crippen LogP contribution in [-0.4, -0.2) is 51.5 Å². The van der Waals surface area contributed by atoms with Crippen molar-refractivity contribution in [1.29, 1.82) is 0 Å². The van der Waals surface area contributed by atoms with Gasteiger partial charge in [-0.05, 0) is 26.0 Å². The van der Waals surface area contributed by atoms with Crippen molar-refractivity contribution >= 4 is 5.91 Å². The standard InChI is InChI=1S/C15H19N5O/c1-11-10-16-8-9-19(11)15(21)14-12(2)20(18-17-14)13-6-4-3-5-7-13/h3-7,11,16H,8-10H2,1-2H3/t11-/m1/s1. The summed E-state index contributed by atoms with van der Waals surface area (Å²) in [5.41, 5.74) is 2.12. The molecular formula is C15H19N5O. The third-order valence-corrected chi connectivity index (χ3v) is 3.86. The summed E-state index contributed by atoms with van der Waals surface area (Å²) in [4.78, 5) is 14.5. The fourth-order valence-electron chi connectivity index (χ4n) is 2.62. The molecule has 6 heteroatoms. The molecule has 2 heterocycles. The van der Waals surface area contributed by atoms with Crippen LogP contribution in [0.1, 0.15) is 23.1 Å². The van der Waals surface area contributed by atoms with Gasteiger partial charge in [-0.3, -0.25) is 4.79 Å². The largest absolute Gasteiger partial charge is 0.332 e. The van der Waals surface area contributed by atoms with Crippen LogP contribution in [0, 0.1) is 6.92 Å². The highest BCUT2D eigenvalue weighted by atomic mass is 16.2. The summed E-state index contributed by atoms with van der Waals surface area (Å²) in [6.07, 6.45) is 0. The van der Waals surface area contributed by atoms with Gasteiger partial charge in [-0.2, -0.15) is 0 Å². The molecule has 3 rings (SSSR count). The molecule has 2 aromatic rings. The van der Waals surface area contributed by atoms with Gasteiger partial charge in [0, 0.05) is 25.7 Å². The summed E-state index contributed by atoms with van der Waals surface area (Å²) in [5.74, 6) is -0.0383. The van der Waals surface area contributed by atoms with Crippen molar-refractivity contribution in [3.05, 3.63) is 41.7 Å². The van der Waals surface area contributed by atoms with E-state index in [1.54, 1.807) is 4.68 Å². The first-order chi connectivity index (χ1) is 10.2. The highest BCUT2D eigenvalue weighted by molar-refractivity contribution is 5.93. The zero-order chi connectivity index (χ0) is 14.8. The number of aromatic nitrogens is 3. The number of carbonyl (C=O) groups is 1. The van der Waals surface area contributed by atoms with Crippen LogP contribution in [-0.2, 0) is 0 Å². The number of hydrogen-bond acceptors (Lipinski definition) is 4. The van der Waals surface area contributed by atoms with Crippen LogP contribution >= 0.6 is 0 Å². The third-order valence-electron chi connectivity index (χ3n) is 3.86. The summed E-state index contributed by atoms with van der Waals surface area (Å²) in [7, 11) is 0. The number of benzene rings is 1. The number of carbonyl (C=O) groups excluding carboxylic acids is 1. The van der Waals surface area contributed by atoms with Gasteiger partial charge in [0.25, 0.3) is 5.91 Å². The number of amides is 1. The molecule has 1 aliphatic rings. The molecule has 0 spiro atoms. The van der Waals surface area contributed by atoms with Crippen LogP contribution in [0.25, 0.3) is 5.69 Å². The van der Waals surface area contributed by atoms with E-state index >= 15 is 0 Å². The van der Waals surface area contributed by atoms with E-state index in [9.17, 15) is 4.79 Å². The molecule has 110 valence electrons. The average molecular weight is 285 g/mol. The van der Waals surface area contributed by atoms with E-state index in [-0.39, 0.29) is 11.9 Å². The Hall–Kier alpha value is -2.21. The minimum atomic E-state index is -0.0383. The van der Waals surface area contributed by atoms with Crippen LogP contribution < -0.4 is 5.32 Å². The zero-order valence-corrected chi connectivity index (χ0v) is 12.3. The van der Waals surface area contributed by atoms with E-state index in [4.69, 9.17) is 0 Å². The van der Waals surface area contributed by atoms with E-state index in [2.05, 4.69) is 15.6 Å². The minimum absolute atomic E-state index is 0.0383. The lowest BCUT2D eigenvalue weighted by Gasteiger charge is -2.33. The van der Waals surface area contributed by atoms with E-state index in [1.165, 1.54) is 0 Å². The molecule has 1 aliphatic heterocycles. The number of piperazine rings is 1. The topological polar surface area (TPSA) is 63.1 Å². The van der Waals surface area contributed by atoms with Crippen molar-refractivity contribution in [1.82, 2.24) is 25.2 Å². The van der Waals surface area contributed by atoms with E-state index < -0.39 is 0 Å². The van der Waals surface area contributed by atoms with Gasteiger partial charge >= 0.3 is 0 Å². The zero-order valence-electron chi connectivity index (χ0n) is 12.3. The molecule has 0 bridgehead atoms. The predicted octanol–water partition coefficient (Wildman–Crippen LogP) is 1.01. The molecule has 1 saturated heterocycles. The van der Waals surface area contributed by atoms with Gasteiger partial charge in [0.05, 0.1) is 11.4 Å². The fraction of sp³-hybridized carbons (Fsp3) is 0.400. The Morgan fingerprint density at radius 1 is 1.33 bits per heavy atom. The molecule has 0 unspecified atom stereocenters. The summed E-state index contributed by atoms with van der Waals surface area (Å²) >= 11 is 0. The minimum Gasteiger partial charge on any atom is -0.332 e. The lowest BCUT2D eigenvalue weighted by Crippen LogP contribution is -2.52. The summed E-state index contributed by atoms with van der Waals surface area (Å²) in [6, 6.07) is 9.90. The first-order valence-electron chi connectivity index (χ1n) is 7.18. The molecule has 1 amide bonds. The molecule has 0 aliphatic carbocycles. The maximum Gasteiger partial charge on any atom is 0.276 e. The van der Waals surface area contributed by atoms with Gasteiger partial charge in [-0.25, -0.2) is 4.68 Å². The monoisotopic (exact) mass is 285 g/mol. The van der Waals surface area contributed by atoms with Crippen molar-refractivity contribution in [2.75, 3.05) is 19.6 Å². The quantitative estimate of drug-likeness (QED) is 0.894. The molecule has 0 saturated carbocycles. The van der Waals surface area contributed by atoms with Crippen LogP contribution in [0.2, 0.25) is 0 Å². The first-order valence-corrected chi connectivity index (χ1v) is 7.18. The Morgan fingerprint density at radius 3 is 2.81 bits per heavy atom. The number of nitrogens with one attached hydrogen (secondary N) is 1. The van der Waals surface area contributed by atoms with E-state index in [1.807, 2.05) is 49.1 Å². The second-order valence-corrected chi connectivity index (χ2v) is 5.32. The van der Waals surface area contributed by atoms with Crippen molar-refractivity contribution in [2.24, 2.45) is 0 Å². The second-order valence-electron chi connectivity index (χ2n) is 5.32. The smallest absolute Gasteiger partial charge is 0.276 e. The van der Waals surface area contributed by atoms with Crippen molar-refractivity contribution < 1.29 is 4.79 Å². The lowest BCUT2D eigenvalue weighted by atomic mass is 10.2. The Labute approximate surface area is 123 Å². The Balaban J connectivity index is 1.90. The van der Waals surface area contributed by atoms with Crippen LogP contribution in [0.5, 0.6) is 0 Å². The molecule has 21 heavy (non-hydrogen) atoms. The molecule has 1 atom stereocenters. The molecule has 1 N–H and O–H groups in total. The van der Waals surface area contributed by atoms with Gasteiger partial charge in [0.1, 0.15) is 0 Å². The predicted molar refractivity (Wildman–Crippen MR) is 79.5 cm³/mol. The second kappa shape index (κ2) is 5.65. The highest BCUT2D eigenvalue weighted by Crippen LogP contribution is 2.15. The number of rotatable bonds is 2. The molecular weight excluding hydrogens is 266 g/mol. The molecule has 1 aromatic heterocycles. The fourth-order valence-corrected chi connectivity index (χ4v) is 2.62. The highest BCUT2D eigenvalue weighted by Gasteiger charge is 2.28. The SMILES string of the molecule is Cc1c(C(=O)N2CCNC[C@H]2C)nnn1-c1ccccc1. The number of hydrogen-bond donors (Lipinski definition) is 1. The van der Waals surface area contributed by atoms with Gasteiger partial charge in [0.15, 0.2) is 5.69 Å². The maximum atomic E-state index is 12.7. The van der Waals surface area contributed by atoms with Crippen LogP contribution in [0.3, 0.4) is 0 Å². The van der Waals surface area contributed by atoms with Crippen molar-refractivity contribution in [2.45, 2.75) is 19.9 Å². The summed E-state index contributed by atoms with van der Waals surface area (Å²) in [6.45, 7) is 6.27. The first kappa shape index (κ1) is 13.8. The van der Waals surface area contributed by atoms with Crippen molar-refractivity contribution in [3.8, 4) is 5.69 Å². The van der Waals surface area contributed by atoms with Gasteiger partial charge in [-0.15, -0.1) is 5.10 Å². The third kappa shape index (κ3) is 2.54. The molecule has 1 fully saturated rings. The average Bonchev–Trinajstić information content (AvgIpc) is 2.90. The van der Waals surface area contributed by atoms with Crippen LogP contribution in [0.4, 0.5) is 0 Å². The van der Waals surface area contributed by atoms with Gasteiger partial charge in [0.2, 0.25) is 0 Å². The molecule has 6 nitrogen and oxygen atoms in total. The van der Waals surface area contributed by atoms with Gasteiger partial charge in [-0.1, -0.05) is 23.4 Å². The number of para-hydroxylation sites is 1. The van der Waals surface area contributed by atoms with E-state index in [0.29, 0.717) is 12.2 Å². The normalized spacial score (nSPS) is 18.8. The maximum absolute atomic E-state index is 12.7. The Kier molecular flexibility index (Phi) is 3.70. The molecule has 1 aromatic carbocycles. The Morgan fingerprint density at radius 2 is 2.10 bits per heavy atom. The van der Waals surface area contributed by atoms with Gasteiger partial charge < -0.3 is 10.2 Å². The van der Waals surface area contributed by atoms with Crippen LogP contribution in [0.15, 0.2) is 30.3 Å². The molecule has 0 radical (unpaired) electrons. The Bertz CT molecular complexity index is 637. The lowest BCUT2D eigenvalue weighted by molar-refractivity contribution is 0.0649. The van der Waals surface area contributed by atoms with E-state index in [0.717, 1.165) is 24.5 Å². The number of nitrogens with zero attached hydrogens (tertiary/aromatic N) is 4. The van der Waals surface area contributed by atoms with Crippen molar-refractivity contribution in [3.63, 3.8) is 0 Å². The summed E-state index contributed by atoms with van der Waals surface area (Å²) in [5, 5.41) is 11.5. The summed E-state index contributed by atoms with van der Waals surface area (Å²) < 4.78 is 1.71.